The largest absolute Gasteiger partial charge is 0.381 e. The Bertz CT molecular complexity index is 603. The number of nitrogens with two attached hydrogens (primary N) is 1. The maximum absolute atomic E-state index is 12.1. The van der Waals surface area contributed by atoms with Gasteiger partial charge >= 0.3 is 0 Å². The Balaban J connectivity index is 1.99. The van der Waals surface area contributed by atoms with Gasteiger partial charge in [0.2, 0.25) is 10.0 Å². The van der Waals surface area contributed by atoms with Crippen LogP contribution in [0.3, 0.4) is 0 Å². The van der Waals surface area contributed by atoms with Crippen LogP contribution >= 0.6 is 0 Å². The summed E-state index contributed by atoms with van der Waals surface area (Å²) < 4.78 is 29.5. The molecule has 0 bridgehead atoms. The zero-order chi connectivity index (χ0) is 15.5. The molecule has 0 radical (unpaired) electrons. The summed E-state index contributed by atoms with van der Waals surface area (Å²) in [6.45, 7) is 4.41. The molecule has 1 fully saturated rings. The van der Waals surface area contributed by atoms with E-state index in [1.165, 1.54) is 12.3 Å². The first kappa shape index (κ1) is 16.0. The number of carbonyl (C=O) groups excluding carboxylic acids is 1. The van der Waals surface area contributed by atoms with Crippen LogP contribution in [0.25, 0.3) is 0 Å². The lowest BCUT2D eigenvalue weighted by Crippen LogP contribution is -2.28. The van der Waals surface area contributed by atoms with E-state index in [0.29, 0.717) is 24.7 Å². The number of ether oxygens (including phenoxy) is 1. The summed E-state index contributed by atoms with van der Waals surface area (Å²) in [6, 6.07) is 1.31. The first-order chi connectivity index (χ1) is 9.91. The Labute approximate surface area is 124 Å². The molecule has 0 aromatic carbocycles. The second-order valence-corrected chi connectivity index (χ2v) is 6.73. The molecule has 8 heteroatoms. The van der Waals surface area contributed by atoms with Gasteiger partial charge in [0.15, 0.2) is 0 Å². The molecule has 1 atom stereocenters. The van der Waals surface area contributed by atoms with Crippen molar-refractivity contribution in [2.24, 2.45) is 11.1 Å². The molecule has 1 unspecified atom stereocenters. The van der Waals surface area contributed by atoms with E-state index in [0.717, 1.165) is 26.1 Å². The van der Waals surface area contributed by atoms with Crippen molar-refractivity contribution < 1.29 is 17.9 Å². The van der Waals surface area contributed by atoms with Gasteiger partial charge in [-0.2, -0.15) is 0 Å². The molecule has 1 aliphatic heterocycles. The smallest absolute Gasteiger partial charge is 0.267 e. The zero-order valence-electron chi connectivity index (χ0n) is 12.0. The van der Waals surface area contributed by atoms with E-state index in [4.69, 9.17) is 9.88 Å². The SMILES string of the molecule is CCn1cc(S(N)(=O)=O)cc1C(=O)NCCC1CCOC1. The minimum absolute atomic E-state index is 0.0429. The van der Waals surface area contributed by atoms with E-state index in [-0.39, 0.29) is 10.8 Å². The van der Waals surface area contributed by atoms with Crippen LogP contribution in [-0.4, -0.2) is 38.7 Å². The fourth-order valence-electron chi connectivity index (χ4n) is 2.38. The minimum atomic E-state index is -3.80. The highest BCUT2D eigenvalue weighted by molar-refractivity contribution is 7.89. The van der Waals surface area contributed by atoms with Crippen LogP contribution in [0.1, 0.15) is 30.3 Å². The van der Waals surface area contributed by atoms with Crippen LogP contribution in [0.5, 0.6) is 0 Å². The number of sulfonamides is 1. The standard InChI is InChI=1S/C13H21N3O4S/c1-2-16-8-11(21(14,18)19)7-12(16)13(17)15-5-3-10-4-6-20-9-10/h7-8,10H,2-6,9H2,1H3,(H,15,17)(H2,14,18,19). The monoisotopic (exact) mass is 315 g/mol. The fraction of sp³-hybridized carbons (Fsp3) is 0.615. The predicted molar refractivity (Wildman–Crippen MR) is 77.4 cm³/mol. The van der Waals surface area contributed by atoms with E-state index < -0.39 is 10.0 Å². The van der Waals surface area contributed by atoms with Gasteiger partial charge in [-0.25, -0.2) is 13.6 Å². The Kier molecular flexibility index (Phi) is 5.02. The summed E-state index contributed by atoms with van der Waals surface area (Å²) in [7, 11) is -3.80. The molecule has 1 saturated heterocycles. The number of hydrogen-bond acceptors (Lipinski definition) is 4. The lowest BCUT2D eigenvalue weighted by molar-refractivity contribution is 0.0941. The third-order valence-corrected chi connectivity index (χ3v) is 4.52. The highest BCUT2D eigenvalue weighted by Gasteiger charge is 2.19. The molecule has 0 saturated carbocycles. The van der Waals surface area contributed by atoms with E-state index in [1.54, 1.807) is 4.57 Å². The van der Waals surface area contributed by atoms with E-state index >= 15 is 0 Å². The van der Waals surface area contributed by atoms with Crippen molar-refractivity contribution in [2.45, 2.75) is 31.2 Å². The van der Waals surface area contributed by atoms with Gasteiger partial charge in [-0.3, -0.25) is 4.79 Å². The lowest BCUT2D eigenvalue weighted by Gasteiger charge is -2.10. The van der Waals surface area contributed by atoms with Crippen molar-refractivity contribution in [3.05, 3.63) is 18.0 Å². The quantitative estimate of drug-likeness (QED) is 0.788. The molecule has 118 valence electrons. The first-order valence-electron chi connectivity index (χ1n) is 7.00. The van der Waals surface area contributed by atoms with E-state index in [2.05, 4.69) is 5.32 Å². The Morgan fingerprint density at radius 2 is 2.33 bits per heavy atom. The van der Waals surface area contributed by atoms with E-state index in [9.17, 15) is 13.2 Å². The third-order valence-electron chi connectivity index (χ3n) is 3.64. The maximum atomic E-state index is 12.1. The molecule has 0 spiro atoms. The average molecular weight is 315 g/mol. The second-order valence-electron chi connectivity index (χ2n) is 5.17. The molecule has 0 aliphatic carbocycles. The Morgan fingerprint density at radius 3 is 2.90 bits per heavy atom. The average Bonchev–Trinajstić information content (AvgIpc) is 3.06. The third kappa shape index (κ3) is 4.05. The number of rotatable bonds is 6. The first-order valence-corrected chi connectivity index (χ1v) is 8.55. The number of aryl methyl sites for hydroxylation is 1. The maximum Gasteiger partial charge on any atom is 0.267 e. The van der Waals surface area contributed by atoms with Gasteiger partial charge < -0.3 is 14.6 Å². The summed E-state index contributed by atoms with van der Waals surface area (Å²) in [5.41, 5.74) is 0.309. The van der Waals surface area contributed by atoms with Crippen molar-refractivity contribution >= 4 is 15.9 Å². The number of nitrogens with one attached hydrogen (secondary N) is 1. The number of primary sulfonamides is 1. The van der Waals surface area contributed by atoms with Gasteiger partial charge in [-0.1, -0.05) is 0 Å². The highest BCUT2D eigenvalue weighted by Crippen LogP contribution is 2.16. The van der Waals surface area contributed by atoms with Crippen molar-refractivity contribution in [2.75, 3.05) is 19.8 Å². The molecule has 2 heterocycles. The van der Waals surface area contributed by atoms with Crippen LogP contribution < -0.4 is 10.5 Å². The molecular formula is C13H21N3O4S. The van der Waals surface area contributed by atoms with Crippen molar-refractivity contribution in [1.29, 1.82) is 0 Å². The predicted octanol–water partition coefficient (Wildman–Crippen LogP) is 0.312. The molecule has 1 amide bonds. The van der Waals surface area contributed by atoms with Crippen molar-refractivity contribution in [3.63, 3.8) is 0 Å². The van der Waals surface area contributed by atoms with Gasteiger partial charge in [-0.05, 0) is 31.7 Å². The highest BCUT2D eigenvalue weighted by atomic mass is 32.2. The molecule has 1 aromatic rings. The van der Waals surface area contributed by atoms with Gasteiger partial charge in [0.25, 0.3) is 5.91 Å². The Hall–Kier alpha value is -1.38. The summed E-state index contributed by atoms with van der Waals surface area (Å²) >= 11 is 0. The van der Waals surface area contributed by atoms with Crippen LogP contribution in [0.2, 0.25) is 0 Å². The van der Waals surface area contributed by atoms with Gasteiger partial charge in [0.05, 0.1) is 0 Å². The number of amides is 1. The van der Waals surface area contributed by atoms with Crippen LogP contribution in [0.15, 0.2) is 17.2 Å². The van der Waals surface area contributed by atoms with Crippen LogP contribution in [-0.2, 0) is 21.3 Å². The van der Waals surface area contributed by atoms with Gasteiger partial charge in [0, 0.05) is 32.5 Å². The molecule has 1 aliphatic rings. The van der Waals surface area contributed by atoms with E-state index in [1.807, 2.05) is 6.92 Å². The molecule has 1 aromatic heterocycles. The topological polar surface area (TPSA) is 103 Å². The van der Waals surface area contributed by atoms with Crippen LogP contribution in [0, 0.1) is 5.92 Å². The van der Waals surface area contributed by atoms with Crippen molar-refractivity contribution in [1.82, 2.24) is 9.88 Å². The summed E-state index contributed by atoms with van der Waals surface area (Å²) in [4.78, 5) is 12.1. The molecule has 7 nitrogen and oxygen atoms in total. The number of nitrogens with zero attached hydrogens (tertiary/aromatic N) is 1. The second kappa shape index (κ2) is 6.59. The summed E-state index contributed by atoms with van der Waals surface area (Å²) in [5, 5.41) is 7.90. The normalized spacial score (nSPS) is 18.9. The minimum Gasteiger partial charge on any atom is -0.381 e. The fourth-order valence-corrected chi connectivity index (χ4v) is 2.93. The Morgan fingerprint density at radius 1 is 1.57 bits per heavy atom. The van der Waals surface area contributed by atoms with Gasteiger partial charge in [0.1, 0.15) is 10.6 Å². The van der Waals surface area contributed by atoms with Crippen molar-refractivity contribution in [3.8, 4) is 0 Å². The molecular weight excluding hydrogens is 294 g/mol. The zero-order valence-corrected chi connectivity index (χ0v) is 12.9. The number of aromatic nitrogens is 1. The van der Waals surface area contributed by atoms with Crippen LogP contribution in [0.4, 0.5) is 0 Å². The number of carbonyl (C=O) groups is 1. The molecule has 3 N–H and O–H groups in total. The molecule has 21 heavy (non-hydrogen) atoms. The lowest BCUT2D eigenvalue weighted by atomic mass is 10.1. The number of hydrogen-bond donors (Lipinski definition) is 2. The summed E-state index contributed by atoms with van der Waals surface area (Å²) in [6.07, 6.45) is 3.27. The van der Waals surface area contributed by atoms with Gasteiger partial charge in [-0.15, -0.1) is 0 Å². The molecule has 2 rings (SSSR count). The summed E-state index contributed by atoms with van der Waals surface area (Å²) in [5.74, 6) is 0.203.